The number of aliphatic hydroxyl groups excluding tert-OH is 1. The number of hydrogen-bond donors (Lipinski definition) is 11. The largest absolute Gasteiger partial charge is 0.497 e. The third-order valence-corrected chi connectivity index (χ3v) is 24.1. The number of methoxy groups -OCH3 is 4. The van der Waals surface area contributed by atoms with Gasteiger partial charge in [-0.3, -0.25) is 59.6 Å². The van der Waals surface area contributed by atoms with E-state index in [2.05, 4.69) is 111 Å². The molecule has 0 aliphatic carbocycles. The normalized spacial score (nSPS) is 20.1. The summed E-state index contributed by atoms with van der Waals surface area (Å²) >= 11 is 13.5. The van der Waals surface area contributed by atoms with E-state index in [1.165, 1.54) is 70.7 Å². The van der Waals surface area contributed by atoms with E-state index in [1.807, 2.05) is 55.7 Å². The number of ether oxygens (including phenoxy) is 4. The molecule has 0 saturated carbocycles. The van der Waals surface area contributed by atoms with Crippen LogP contribution in [0, 0.1) is 47.4 Å². The summed E-state index contributed by atoms with van der Waals surface area (Å²) in [7, 11) is 7.97. The summed E-state index contributed by atoms with van der Waals surface area (Å²) in [4.78, 5) is 159. The number of nitrogens with two attached hydrogens (primary N) is 1. The lowest BCUT2D eigenvalue weighted by Crippen LogP contribution is -2.54. The maximum Gasteiger partial charge on any atom is 0.323 e. The molecule has 4 saturated heterocycles. The van der Waals surface area contributed by atoms with E-state index in [0.29, 0.717) is 91.8 Å². The van der Waals surface area contributed by atoms with Crippen molar-refractivity contribution in [1.29, 1.82) is 0 Å². The summed E-state index contributed by atoms with van der Waals surface area (Å²) in [5, 5.41) is 33.9. The van der Waals surface area contributed by atoms with Gasteiger partial charge < -0.3 is 76.0 Å². The molecular weight excluding hydrogens is 1680 g/mol. The maximum atomic E-state index is 12.9. The first-order valence-electron chi connectivity index (χ1n) is 36.2. The molecule has 5 atom stereocenters. The number of nitrogens with zero attached hydrogens (tertiary/aromatic N) is 4. The van der Waals surface area contributed by atoms with E-state index in [9.17, 15) is 62.6 Å². The lowest BCUT2D eigenvalue weighted by molar-refractivity contribution is -0.123. The summed E-state index contributed by atoms with van der Waals surface area (Å²) in [6.07, 6.45) is 0. The van der Waals surface area contributed by atoms with Gasteiger partial charge in [-0.2, -0.15) is 0 Å². The zero-order chi connectivity index (χ0) is 84.8. The van der Waals surface area contributed by atoms with Crippen molar-refractivity contribution < 1.29 is 81.6 Å². The Balaban J connectivity index is 0.000000137. The number of urea groups is 4. The average molecular weight is 1750 g/mol. The van der Waals surface area contributed by atoms with Gasteiger partial charge in [-0.05, 0) is 143 Å². The third-order valence-electron chi connectivity index (χ3n) is 19.8. The number of aliphatic hydroxyl groups is 1. The summed E-state index contributed by atoms with van der Waals surface area (Å²) in [6.45, 7) is 3.45. The second kappa shape index (κ2) is 35.0. The Kier molecular flexibility index (Phi) is 24.7. The Morgan fingerprint density at radius 3 is 1.13 bits per heavy atom. The Bertz CT molecular complexity index is 5830. The molecule has 12 N–H and O–H groups in total. The van der Waals surface area contributed by atoms with Crippen LogP contribution in [0.15, 0.2) is 130 Å². The number of carbonyl (C=O) groups excluding carboxylic acids is 12. The molecule has 8 aliphatic heterocycles. The number of fused-ring (bicyclic) bond motifs is 4. The van der Waals surface area contributed by atoms with Crippen molar-refractivity contribution in [2.24, 2.45) is 5.73 Å². The molecule has 16 rings (SSSR count). The van der Waals surface area contributed by atoms with Crippen LogP contribution in [0.25, 0.3) is 0 Å². The number of halogens is 2. The minimum absolute atomic E-state index is 0.0547. The highest BCUT2D eigenvalue weighted by Crippen LogP contribution is 2.36. The number of hydrogen-bond acceptors (Lipinski definition) is 22. The lowest BCUT2D eigenvalue weighted by Gasteiger charge is -2.26. The van der Waals surface area contributed by atoms with Gasteiger partial charge in [0.1, 0.15) is 23.0 Å². The predicted octanol–water partition coefficient (Wildman–Crippen LogP) is 5.96. The fraction of sp³-hybridized carbons (Fsp3) is 0.253. The number of thiophene rings is 3. The number of nitrogens with one attached hydrogen (secondary N) is 9. The van der Waals surface area contributed by atoms with Crippen molar-refractivity contribution in [3.05, 3.63) is 216 Å². The monoisotopic (exact) mass is 1750 g/mol. The van der Waals surface area contributed by atoms with Crippen molar-refractivity contribution in [2.75, 3.05) is 61.7 Å². The molecule has 0 radical (unpaired) electrons. The average Bonchev–Trinajstić information content (AvgIpc) is 1.63. The third kappa shape index (κ3) is 18.1. The highest BCUT2D eigenvalue weighted by molar-refractivity contribution is 9.11. The standard InChI is InChI=1S/C23H22N4O4.C21H20N4O4S.C20H17N3O5S.C19H13BrClN3O4S/c1-14(24)16-5-3-15(4-6-16)9-10-23(21(29)25-22(30)26-23)13-27-12-17-7-8-18(31-2)11-19(17)20(27)28;1-22-9-16-7-13(11-30-16)5-6-21(19(27)23-20(28)24-21)12-25-10-14-3-4-15(29-2)8-17(14)18(25)26;1-28-13-3-2-12-9-23(17(25)16(12)8-13)11-20(18(26)21-19(27)22-20)7-6-14-4-5-15(10-24)29-14;1-28-11-3-2-10-8-24(16(25)13(10)6-11)9-19(17(26)22-18(27)23-19)5-4-12-7-14(21)15(20)29-12/h3-8,11,14H,12-13,24H2,1-2H3,(H2,25,26,29,30);3-4,7-8,11,22H,9-10,12H2,1-2H3,(H2,23,24,27,28);2-5,8,24H,9-11H2,1H3,(H2,21,22,26,27);2-3,6-7H,8-9H2,1H3,(H2,22,23,26,27)/t14-,23-;21-;20-;19-/m0111/s1. The van der Waals surface area contributed by atoms with Crippen molar-refractivity contribution in [3.8, 4) is 70.4 Å². The predicted molar refractivity (Wildman–Crippen MR) is 439 cm³/mol. The van der Waals surface area contributed by atoms with Gasteiger partial charge in [0, 0.05) is 87.3 Å². The first-order chi connectivity index (χ1) is 57.0. The van der Waals surface area contributed by atoms with Crippen molar-refractivity contribution in [3.63, 3.8) is 0 Å². The van der Waals surface area contributed by atoms with Crippen molar-refractivity contribution in [2.45, 2.75) is 74.5 Å². The summed E-state index contributed by atoms with van der Waals surface area (Å²) in [5.74, 6) is 22.2. The van der Waals surface area contributed by atoms with Gasteiger partial charge >= 0.3 is 24.1 Å². The van der Waals surface area contributed by atoms with Gasteiger partial charge in [0.25, 0.3) is 47.3 Å². The number of carbonyl (C=O) groups is 12. The number of rotatable bonds is 16. The van der Waals surface area contributed by atoms with Crippen LogP contribution in [0.2, 0.25) is 5.02 Å². The van der Waals surface area contributed by atoms with E-state index in [0.717, 1.165) is 53.5 Å². The molecular formula is C83H72BrClN14O17S3. The van der Waals surface area contributed by atoms with Gasteiger partial charge in [0.15, 0.2) is 0 Å². The summed E-state index contributed by atoms with van der Waals surface area (Å²) in [6, 6.07) is 32.7. The molecule has 0 bridgehead atoms. The van der Waals surface area contributed by atoms with Crippen molar-refractivity contribution >= 4 is 133 Å². The molecule has 608 valence electrons. The quantitative estimate of drug-likeness (QED) is 0.0393. The molecule has 5 aromatic carbocycles. The number of imide groups is 4. The Morgan fingerprint density at radius 1 is 0.471 bits per heavy atom. The van der Waals surface area contributed by atoms with E-state index in [4.69, 9.17) is 36.3 Å². The molecule has 16 amide bonds. The van der Waals surface area contributed by atoms with E-state index >= 15 is 0 Å². The topological polar surface area (TPSA) is 409 Å². The van der Waals surface area contributed by atoms with Gasteiger partial charge in [0.05, 0.1) is 79.8 Å². The zero-order valence-corrected chi connectivity index (χ0v) is 68.9. The highest BCUT2D eigenvalue weighted by Gasteiger charge is 2.53. The van der Waals surface area contributed by atoms with Gasteiger partial charge in [-0.1, -0.05) is 95.4 Å². The van der Waals surface area contributed by atoms with E-state index < -0.39 is 69.9 Å². The molecule has 0 unspecified atom stereocenters. The molecule has 3 aromatic heterocycles. The number of amides is 16. The molecule has 0 spiro atoms. The van der Waals surface area contributed by atoms with Gasteiger partial charge in [0.2, 0.25) is 22.2 Å². The molecule has 31 nitrogen and oxygen atoms in total. The van der Waals surface area contributed by atoms with Crippen LogP contribution in [0.3, 0.4) is 0 Å². The Morgan fingerprint density at radius 2 is 0.824 bits per heavy atom. The molecule has 36 heteroatoms. The molecule has 8 aliphatic rings. The molecule has 4 fully saturated rings. The lowest BCUT2D eigenvalue weighted by atomic mass is 9.98. The van der Waals surface area contributed by atoms with Crippen LogP contribution in [0.1, 0.15) is 113 Å². The Hall–Kier alpha value is -13.1. The zero-order valence-electron chi connectivity index (χ0n) is 64.1. The minimum Gasteiger partial charge on any atom is -0.497 e. The summed E-state index contributed by atoms with van der Waals surface area (Å²) in [5.41, 5.74) is 7.42. The van der Waals surface area contributed by atoms with E-state index in [-0.39, 0.29) is 62.5 Å². The Labute approximate surface area is 705 Å². The minimum atomic E-state index is -1.55. The fourth-order valence-electron chi connectivity index (χ4n) is 13.7. The first kappa shape index (κ1) is 83.9. The van der Waals surface area contributed by atoms with Crippen LogP contribution in [-0.2, 0) is 58.5 Å². The van der Waals surface area contributed by atoms with E-state index in [1.54, 1.807) is 96.3 Å². The van der Waals surface area contributed by atoms with Crippen LogP contribution in [0.5, 0.6) is 23.0 Å². The molecule has 8 aromatic rings. The molecule has 119 heavy (non-hydrogen) atoms. The van der Waals surface area contributed by atoms with Crippen LogP contribution in [0.4, 0.5) is 19.2 Å². The van der Waals surface area contributed by atoms with Crippen LogP contribution in [-0.4, -0.2) is 180 Å². The van der Waals surface area contributed by atoms with Gasteiger partial charge in [-0.15, -0.1) is 34.0 Å². The molecule has 11 heterocycles. The van der Waals surface area contributed by atoms with Crippen molar-refractivity contribution in [1.82, 2.24) is 67.5 Å². The van der Waals surface area contributed by atoms with Crippen LogP contribution < -0.4 is 72.5 Å². The number of benzene rings is 5. The van der Waals surface area contributed by atoms with Crippen LogP contribution >= 0.6 is 61.5 Å². The highest BCUT2D eigenvalue weighted by atomic mass is 79.9. The smallest absolute Gasteiger partial charge is 0.323 e. The summed E-state index contributed by atoms with van der Waals surface area (Å²) < 4.78 is 21.5. The van der Waals surface area contributed by atoms with Gasteiger partial charge in [-0.25, -0.2) is 19.2 Å². The second-order valence-electron chi connectivity index (χ2n) is 27.9. The maximum absolute atomic E-state index is 12.9. The first-order valence-corrected chi connectivity index (χ1v) is 39.9. The SMILES string of the molecule is CNCc1cc(C#C[C@]2(CN3Cc4ccc(OC)cc4C3=O)NC(=O)NC2=O)cs1.COc1ccc2c(c1)C(=O)N(C[C@@]1(C#Cc3cc(Cl)c(Br)s3)NC(=O)NC1=O)C2.COc1ccc2c(c1)C(=O)N(C[C@@]1(C#Cc3ccc(CO)s3)NC(=O)NC1=O)C2.COc1ccc2c(c1)C(=O)N(C[C@]1(C#Cc3ccc([C@H](C)N)cc3)NC(=O)NC1=O)C2. The fourth-order valence-corrected chi connectivity index (χ4v) is 16.8. The second-order valence-corrected chi connectivity index (χ2v) is 32.8.